The summed E-state index contributed by atoms with van der Waals surface area (Å²) in [4.78, 5) is 35.3. The van der Waals surface area contributed by atoms with Crippen LogP contribution in [0.4, 0.5) is 28.3 Å². The molecule has 2 aromatic rings. The van der Waals surface area contributed by atoms with Gasteiger partial charge in [0.05, 0.1) is 11.2 Å². The number of anilines is 4. The first-order valence-electron chi connectivity index (χ1n) is 9.53. The minimum atomic E-state index is -4.44. The highest BCUT2D eigenvalue weighted by Gasteiger charge is 2.27. The van der Waals surface area contributed by atoms with E-state index in [9.17, 15) is 31.0 Å². The van der Waals surface area contributed by atoms with E-state index in [1.165, 1.54) is 18.2 Å². The van der Waals surface area contributed by atoms with Crippen molar-refractivity contribution in [2.24, 2.45) is 0 Å². The van der Waals surface area contributed by atoms with Crippen molar-refractivity contribution in [3.63, 3.8) is 0 Å². The van der Waals surface area contributed by atoms with Gasteiger partial charge >= 0.3 is 6.03 Å². The van der Waals surface area contributed by atoms with Crippen LogP contribution in [0.15, 0.2) is 29.2 Å². The molecular weight excluding hydrogens is 494 g/mol. The number of sulfonamides is 1. The molecule has 3 rings (SSSR count). The van der Waals surface area contributed by atoms with Crippen LogP contribution in [0, 0.1) is 0 Å². The first kappa shape index (κ1) is 25.0. The average Bonchev–Trinajstić information content (AvgIpc) is 2.72. The molecule has 1 fully saturated rings. The van der Waals surface area contributed by atoms with Crippen LogP contribution in [0.5, 0.6) is 0 Å². The molecule has 7 N–H and O–H groups in total. The predicted octanol–water partition coefficient (Wildman–Crippen LogP) is -1.56. The van der Waals surface area contributed by atoms with Crippen molar-refractivity contribution >= 4 is 55.6 Å². The molecule has 0 radical (unpaired) electrons. The quantitative estimate of drug-likeness (QED) is 0.140. The highest BCUT2D eigenvalue weighted by Crippen LogP contribution is 2.19. The van der Waals surface area contributed by atoms with Gasteiger partial charge in [0.25, 0.3) is 16.0 Å². The fourth-order valence-corrected chi connectivity index (χ4v) is 3.65. The number of hydrogen-bond acceptors (Lipinski definition) is 12. The van der Waals surface area contributed by atoms with Gasteiger partial charge in [0.2, 0.25) is 27.9 Å². The third kappa shape index (κ3) is 7.47. The Morgan fingerprint density at radius 1 is 1.06 bits per heavy atom. The number of urea groups is 1. The standard InChI is InChI=1S/C16H21N9O7S2/c1-33(28,29)19-6-5-17-13-23-14(20-9-3-2-4-10(7-9)34(30,31)32)25-15(24-13)21-11-8-18-16(27)22-12(11)26/h2-4,7,11,19H,5-6,8H2,1H3,(H,30,31,32)(H2,18,22,26,27)(H3,17,20,21,23,24,25). The first-order chi connectivity index (χ1) is 15.9. The van der Waals surface area contributed by atoms with Gasteiger partial charge in [0.15, 0.2) is 0 Å². The molecule has 1 unspecified atom stereocenters. The molecule has 2 heterocycles. The molecule has 184 valence electrons. The number of nitrogens with one attached hydrogen (secondary N) is 6. The maximum atomic E-state index is 12.0. The zero-order valence-electron chi connectivity index (χ0n) is 17.6. The Morgan fingerprint density at radius 2 is 1.76 bits per heavy atom. The van der Waals surface area contributed by atoms with Crippen LogP contribution in [0.3, 0.4) is 0 Å². The van der Waals surface area contributed by atoms with Crippen molar-refractivity contribution in [1.29, 1.82) is 0 Å². The molecule has 0 saturated carbocycles. The van der Waals surface area contributed by atoms with Crippen LogP contribution in [0.1, 0.15) is 0 Å². The molecule has 16 nitrogen and oxygen atoms in total. The lowest BCUT2D eigenvalue weighted by Crippen LogP contribution is -2.57. The largest absolute Gasteiger partial charge is 0.353 e. The van der Waals surface area contributed by atoms with Crippen molar-refractivity contribution in [2.75, 3.05) is 41.8 Å². The first-order valence-corrected chi connectivity index (χ1v) is 12.9. The Kier molecular flexibility index (Phi) is 7.44. The molecule has 0 bridgehead atoms. The monoisotopic (exact) mass is 515 g/mol. The van der Waals surface area contributed by atoms with E-state index in [0.717, 1.165) is 12.3 Å². The van der Waals surface area contributed by atoms with Gasteiger partial charge in [-0.2, -0.15) is 23.4 Å². The van der Waals surface area contributed by atoms with Gasteiger partial charge in [-0.25, -0.2) is 17.9 Å². The van der Waals surface area contributed by atoms with E-state index in [0.29, 0.717) is 0 Å². The summed E-state index contributed by atoms with van der Waals surface area (Å²) in [6.45, 7) is 0.105. The van der Waals surface area contributed by atoms with Gasteiger partial charge in [-0.1, -0.05) is 6.07 Å². The molecule has 1 aromatic heterocycles. The summed E-state index contributed by atoms with van der Waals surface area (Å²) in [5.41, 5.74) is 0.222. The van der Waals surface area contributed by atoms with Crippen molar-refractivity contribution < 1.29 is 31.0 Å². The zero-order valence-corrected chi connectivity index (χ0v) is 19.2. The van der Waals surface area contributed by atoms with Crippen LogP contribution >= 0.6 is 0 Å². The molecule has 3 amide bonds. The number of rotatable bonds is 10. The summed E-state index contributed by atoms with van der Waals surface area (Å²) >= 11 is 0. The van der Waals surface area contributed by atoms with Crippen molar-refractivity contribution in [2.45, 2.75) is 10.9 Å². The number of aromatic nitrogens is 3. The van der Waals surface area contributed by atoms with E-state index in [-0.39, 0.29) is 48.1 Å². The lowest BCUT2D eigenvalue weighted by Gasteiger charge is -2.23. The number of carbonyl (C=O) groups is 2. The lowest BCUT2D eigenvalue weighted by molar-refractivity contribution is -0.121. The molecule has 18 heteroatoms. The number of hydrogen-bond donors (Lipinski definition) is 7. The molecule has 0 spiro atoms. The SMILES string of the molecule is CS(=O)(=O)NCCNc1nc(Nc2cccc(S(=O)(=O)O)c2)nc(NC2CNC(=O)NC2=O)n1. The minimum Gasteiger partial charge on any atom is -0.353 e. The zero-order chi connectivity index (χ0) is 24.9. The van der Waals surface area contributed by atoms with Crippen LogP contribution in [-0.4, -0.2) is 80.2 Å². The van der Waals surface area contributed by atoms with E-state index in [4.69, 9.17) is 0 Å². The maximum absolute atomic E-state index is 12.0. The fourth-order valence-electron chi connectivity index (χ4n) is 2.65. The van der Waals surface area contributed by atoms with Gasteiger partial charge in [-0.3, -0.25) is 14.7 Å². The van der Waals surface area contributed by atoms with E-state index in [1.807, 2.05) is 0 Å². The molecule has 1 aliphatic rings. The average molecular weight is 516 g/mol. The lowest BCUT2D eigenvalue weighted by atomic mass is 10.2. The highest BCUT2D eigenvalue weighted by atomic mass is 32.2. The Bertz CT molecular complexity index is 1300. The van der Waals surface area contributed by atoms with Crippen LogP contribution in [0.25, 0.3) is 0 Å². The summed E-state index contributed by atoms with van der Waals surface area (Å²) in [7, 11) is -7.84. The van der Waals surface area contributed by atoms with Crippen LogP contribution in [-0.2, 0) is 24.9 Å². The summed E-state index contributed by atoms with van der Waals surface area (Å²) in [6, 6.07) is 3.70. The maximum Gasteiger partial charge on any atom is 0.321 e. The third-order valence-electron chi connectivity index (χ3n) is 4.12. The normalized spacial score (nSPS) is 16.4. The van der Waals surface area contributed by atoms with Gasteiger partial charge in [-0.15, -0.1) is 0 Å². The van der Waals surface area contributed by atoms with E-state index in [1.54, 1.807) is 0 Å². The molecule has 1 saturated heterocycles. The number of imide groups is 1. The molecule has 1 aromatic carbocycles. The topological polar surface area (TPSA) is 234 Å². The number of nitrogens with zero attached hydrogens (tertiary/aromatic N) is 3. The molecule has 0 aliphatic carbocycles. The van der Waals surface area contributed by atoms with E-state index < -0.39 is 38.1 Å². The summed E-state index contributed by atoms with van der Waals surface area (Å²) in [5.74, 6) is -0.741. The second-order valence-corrected chi connectivity index (χ2v) is 10.2. The second kappa shape index (κ2) is 10.1. The van der Waals surface area contributed by atoms with Crippen molar-refractivity contribution in [1.82, 2.24) is 30.3 Å². The van der Waals surface area contributed by atoms with Crippen molar-refractivity contribution in [3.8, 4) is 0 Å². The Balaban J connectivity index is 1.83. The molecular formula is C16H21N9O7S2. The highest BCUT2D eigenvalue weighted by molar-refractivity contribution is 7.88. The minimum absolute atomic E-state index is 0.00138. The molecule has 34 heavy (non-hydrogen) atoms. The molecule has 1 aliphatic heterocycles. The predicted molar refractivity (Wildman–Crippen MR) is 120 cm³/mol. The van der Waals surface area contributed by atoms with E-state index in [2.05, 4.69) is 46.3 Å². The van der Waals surface area contributed by atoms with Crippen LogP contribution < -0.4 is 31.3 Å². The van der Waals surface area contributed by atoms with E-state index >= 15 is 0 Å². The fraction of sp³-hybridized carbons (Fsp3) is 0.312. The molecule has 1 atom stereocenters. The number of benzene rings is 1. The summed E-state index contributed by atoms with van der Waals surface area (Å²) in [6.07, 6.45) is 1.01. The Labute approximate surface area is 194 Å². The Morgan fingerprint density at radius 3 is 2.44 bits per heavy atom. The number of carbonyl (C=O) groups excluding carboxylic acids is 2. The third-order valence-corrected chi connectivity index (χ3v) is 5.70. The summed E-state index contributed by atoms with van der Waals surface area (Å²) in [5, 5.41) is 12.9. The second-order valence-electron chi connectivity index (χ2n) is 6.92. The van der Waals surface area contributed by atoms with Crippen LogP contribution in [0.2, 0.25) is 0 Å². The van der Waals surface area contributed by atoms with Crippen molar-refractivity contribution in [3.05, 3.63) is 24.3 Å². The summed E-state index contributed by atoms with van der Waals surface area (Å²) < 4.78 is 56.7. The number of amides is 3. The van der Waals surface area contributed by atoms with Gasteiger partial charge in [-0.05, 0) is 18.2 Å². The Hall–Kier alpha value is -3.61. The smallest absolute Gasteiger partial charge is 0.321 e. The van der Waals surface area contributed by atoms with Gasteiger partial charge in [0.1, 0.15) is 6.04 Å². The van der Waals surface area contributed by atoms with Gasteiger partial charge in [0, 0.05) is 25.3 Å². The van der Waals surface area contributed by atoms with Gasteiger partial charge < -0.3 is 21.3 Å².